The minimum absolute atomic E-state index is 0.0700. The third-order valence-corrected chi connectivity index (χ3v) is 5.07. The summed E-state index contributed by atoms with van der Waals surface area (Å²) in [4.78, 5) is 30.3. The van der Waals surface area contributed by atoms with Crippen molar-refractivity contribution < 1.29 is 23.8 Å². The van der Waals surface area contributed by atoms with Crippen LogP contribution in [0.15, 0.2) is 18.2 Å². The molecule has 7 nitrogen and oxygen atoms in total. The SMILES string of the molecule is CCOC(=O)c1c(C)[nH]c(C(=O)[C@@H](C)N(C)Cc2ccc3c(c2)OCO3)c1C. The number of aromatic nitrogens is 1. The van der Waals surface area contributed by atoms with Crippen molar-refractivity contribution in [2.24, 2.45) is 0 Å². The van der Waals surface area contributed by atoms with Crippen LogP contribution in [0.1, 0.15) is 51.5 Å². The van der Waals surface area contributed by atoms with E-state index in [9.17, 15) is 9.59 Å². The van der Waals surface area contributed by atoms with Gasteiger partial charge in [-0.2, -0.15) is 0 Å². The lowest BCUT2D eigenvalue weighted by Crippen LogP contribution is -2.36. The minimum atomic E-state index is -0.408. The second-order valence-electron chi connectivity index (χ2n) is 6.99. The van der Waals surface area contributed by atoms with Gasteiger partial charge in [-0.3, -0.25) is 9.69 Å². The van der Waals surface area contributed by atoms with Gasteiger partial charge in [-0.05, 0) is 58.0 Å². The molecule has 2 aromatic rings. The van der Waals surface area contributed by atoms with Gasteiger partial charge in [0.2, 0.25) is 6.79 Å². The van der Waals surface area contributed by atoms with E-state index in [0.29, 0.717) is 35.7 Å². The molecule has 0 radical (unpaired) electrons. The third kappa shape index (κ3) is 3.75. The number of likely N-dealkylation sites (N-methyl/N-ethyl adjacent to an activating group) is 1. The average Bonchev–Trinajstić information content (AvgIpc) is 3.24. The molecule has 3 rings (SSSR count). The van der Waals surface area contributed by atoms with Gasteiger partial charge >= 0.3 is 5.97 Å². The molecule has 28 heavy (non-hydrogen) atoms. The quantitative estimate of drug-likeness (QED) is 0.581. The van der Waals surface area contributed by atoms with Gasteiger partial charge in [-0.1, -0.05) is 6.07 Å². The Morgan fingerprint density at radius 2 is 1.96 bits per heavy atom. The van der Waals surface area contributed by atoms with Crippen molar-refractivity contribution in [3.8, 4) is 11.5 Å². The van der Waals surface area contributed by atoms with Crippen LogP contribution in [0.5, 0.6) is 11.5 Å². The van der Waals surface area contributed by atoms with Gasteiger partial charge in [-0.15, -0.1) is 0 Å². The number of carbonyl (C=O) groups excluding carboxylic acids is 2. The molecule has 0 saturated carbocycles. The van der Waals surface area contributed by atoms with Crippen molar-refractivity contribution in [3.63, 3.8) is 0 Å². The number of ether oxygens (including phenoxy) is 3. The van der Waals surface area contributed by atoms with E-state index in [4.69, 9.17) is 14.2 Å². The van der Waals surface area contributed by atoms with Crippen LogP contribution < -0.4 is 9.47 Å². The highest BCUT2D eigenvalue weighted by atomic mass is 16.7. The number of carbonyl (C=O) groups is 2. The molecule has 7 heteroatoms. The lowest BCUT2D eigenvalue weighted by molar-refractivity contribution is 0.0525. The second-order valence-corrected chi connectivity index (χ2v) is 6.99. The number of H-pyrrole nitrogens is 1. The maximum absolute atomic E-state index is 13.1. The number of rotatable bonds is 7. The van der Waals surface area contributed by atoms with E-state index in [1.54, 1.807) is 20.8 Å². The fourth-order valence-electron chi connectivity index (χ4n) is 3.38. The molecule has 1 atom stereocenters. The molecule has 0 unspecified atom stereocenters. The molecule has 1 N–H and O–H groups in total. The summed E-state index contributed by atoms with van der Waals surface area (Å²) in [5.41, 5.74) is 3.19. The third-order valence-electron chi connectivity index (χ3n) is 5.07. The molecule has 0 bridgehead atoms. The summed E-state index contributed by atoms with van der Waals surface area (Å²) < 4.78 is 15.9. The van der Waals surface area contributed by atoms with Gasteiger partial charge in [0.05, 0.1) is 23.9 Å². The second kappa shape index (κ2) is 8.06. The van der Waals surface area contributed by atoms with Crippen molar-refractivity contribution in [1.29, 1.82) is 0 Å². The molecule has 0 spiro atoms. The van der Waals surface area contributed by atoms with Gasteiger partial charge in [0.15, 0.2) is 17.3 Å². The van der Waals surface area contributed by atoms with Crippen LogP contribution in [0.4, 0.5) is 0 Å². The van der Waals surface area contributed by atoms with Gasteiger partial charge in [0, 0.05) is 12.2 Å². The van der Waals surface area contributed by atoms with Crippen molar-refractivity contribution in [2.45, 2.75) is 40.3 Å². The van der Waals surface area contributed by atoms with Crippen LogP contribution in [0.25, 0.3) is 0 Å². The lowest BCUT2D eigenvalue weighted by atomic mass is 10.0. The first-order chi connectivity index (χ1) is 13.3. The number of aromatic amines is 1. The van der Waals surface area contributed by atoms with E-state index in [-0.39, 0.29) is 18.6 Å². The summed E-state index contributed by atoms with van der Waals surface area (Å²) in [7, 11) is 1.89. The van der Waals surface area contributed by atoms with E-state index in [1.165, 1.54) is 0 Å². The number of nitrogens with zero attached hydrogens (tertiary/aromatic N) is 1. The largest absolute Gasteiger partial charge is 0.462 e. The lowest BCUT2D eigenvalue weighted by Gasteiger charge is -2.23. The van der Waals surface area contributed by atoms with Crippen molar-refractivity contribution in [3.05, 3.63) is 46.3 Å². The molecule has 0 aliphatic carbocycles. The molecule has 1 aromatic heterocycles. The zero-order valence-corrected chi connectivity index (χ0v) is 16.9. The predicted octanol–water partition coefficient (Wildman–Crippen LogP) is 3.24. The van der Waals surface area contributed by atoms with Crippen LogP contribution in [-0.2, 0) is 11.3 Å². The van der Waals surface area contributed by atoms with E-state index in [0.717, 1.165) is 17.1 Å². The maximum atomic E-state index is 13.1. The summed E-state index contributed by atoms with van der Waals surface area (Å²) in [5.74, 6) is 0.980. The molecule has 0 amide bonds. The van der Waals surface area contributed by atoms with Crippen LogP contribution >= 0.6 is 0 Å². The Kier molecular flexibility index (Phi) is 5.74. The number of Topliss-reactive ketones (excluding diaryl/α,β-unsaturated/α-hetero) is 1. The number of aryl methyl sites for hydroxylation is 1. The van der Waals surface area contributed by atoms with E-state index < -0.39 is 5.97 Å². The minimum Gasteiger partial charge on any atom is -0.462 e. The monoisotopic (exact) mass is 386 g/mol. The molecule has 1 aromatic carbocycles. The van der Waals surface area contributed by atoms with E-state index >= 15 is 0 Å². The summed E-state index contributed by atoms with van der Waals surface area (Å²) in [6.07, 6.45) is 0. The molecular weight excluding hydrogens is 360 g/mol. The number of nitrogens with one attached hydrogen (secondary N) is 1. The summed E-state index contributed by atoms with van der Waals surface area (Å²) in [6, 6.07) is 5.39. The molecule has 1 aliphatic rings. The Bertz CT molecular complexity index is 902. The van der Waals surface area contributed by atoms with Gasteiger partial charge in [0.1, 0.15) is 0 Å². The zero-order chi connectivity index (χ0) is 20.4. The average molecular weight is 386 g/mol. The first-order valence-corrected chi connectivity index (χ1v) is 9.32. The normalized spacial score (nSPS) is 13.6. The Morgan fingerprint density at radius 1 is 1.25 bits per heavy atom. The summed E-state index contributed by atoms with van der Waals surface area (Å²) in [6.45, 7) is 8.26. The highest BCUT2D eigenvalue weighted by molar-refractivity contribution is 6.03. The molecule has 2 heterocycles. The van der Waals surface area contributed by atoms with Crippen LogP contribution in [0.3, 0.4) is 0 Å². The van der Waals surface area contributed by atoms with Gasteiger partial charge < -0.3 is 19.2 Å². The highest BCUT2D eigenvalue weighted by Gasteiger charge is 2.27. The molecule has 0 fully saturated rings. The fraction of sp³-hybridized carbons (Fsp3) is 0.429. The summed E-state index contributed by atoms with van der Waals surface area (Å²) >= 11 is 0. The zero-order valence-electron chi connectivity index (χ0n) is 16.9. The van der Waals surface area contributed by atoms with Crippen LogP contribution in [0, 0.1) is 13.8 Å². The van der Waals surface area contributed by atoms with Gasteiger partial charge in [-0.25, -0.2) is 4.79 Å². The van der Waals surface area contributed by atoms with Gasteiger partial charge in [0.25, 0.3) is 0 Å². The molecule has 0 saturated heterocycles. The molecule has 150 valence electrons. The van der Waals surface area contributed by atoms with Crippen molar-refractivity contribution in [2.75, 3.05) is 20.4 Å². The first-order valence-electron chi connectivity index (χ1n) is 9.32. The predicted molar refractivity (Wildman–Crippen MR) is 104 cm³/mol. The Hall–Kier alpha value is -2.80. The number of fused-ring (bicyclic) bond motifs is 1. The topological polar surface area (TPSA) is 80.9 Å². The van der Waals surface area contributed by atoms with Crippen LogP contribution in [-0.4, -0.2) is 48.1 Å². The number of hydrogen-bond acceptors (Lipinski definition) is 6. The molecular formula is C21H26N2O5. The Balaban J connectivity index is 1.75. The number of benzene rings is 1. The van der Waals surface area contributed by atoms with E-state index in [2.05, 4.69) is 4.98 Å². The van der Waals surface area contributed by atoms with Crippen molar-refractivity contribution >= 4 is 11.8 Å². The Morgan fingerprint density at radius 3 is 2.68 bits per heavy atom. The highest BCUT2D eigenvalue weighted by Crippen LogP contribution is 2.33. The van der Waals surface area contributed by atoms with E-state index in [1.807, 2.05) is 37.1 Å². The Labute approximate surface area is 164 Å². The van der Waals surface area contributed by atoms with Crippen LogP contribution in [0.2, 0.25) is 0 Å². The molecule has 1 aliphatic heterocycles. The smallest absolute Gasteiger partial charge is 0.340 e. The first kappa shape index (κ1) is 19.9. The standard InChI is InChI=1S/C21H26N2O5/c1-6-26-21(25)18-12(2)19(22-13(18)3)20(24)14(4)23(5)10-15-7-8-16-17(9-15)28-11-27-16/h7-9,14,22H,6,10-11H2,1-5H3/t14-/m1/s1. The summed E-state index contributed by atoms with van der Waals surface area (Å²) in [5, 5.41) is 0. The fourth-order valence-corrected chi connectivity index (χ4v) is 3.38. The maximum Gasteiger partial charge on any atom is 0.340 e. The number of ketones is 1. The van der Waals surface area contributed by atoms with Crippen molar-refractivity contribution in [1.82, 2.24) is 9.88 Å². The number of hydrogen-bond donors (Lipinski definition) is 1. The number of esters is 1.